The van der Waals surface area contributed by atoms with Gasteiger partial charge >= 0.3 is 11.7 Å². The highest BCUT2D eigenvalue weighted by Crippen LogP contribution is 2.38. The average molecular weight is 574 g/mol. The second kappa shape index (κ2) is 10.4. The van der Waals surface area contributed by atoms with Crippen LogP contribution in [0.5, 0.6) is 0 Å². The highest BCUT2D eigenvalue weighted by Gasteiger charge is 2.38. The largest absolute Gasteiger partial charge is 0.480 e. The third-order valence-electron chi connectivity index (χ3n) is 7.46. The number of hydrogen-bond acceptors (Lipinski definition) is 7. The number of nitrogens with zero attached hydrogens (tertiary/aromatic N) is 3. The fraction of sp³-hybridized carbons (Fsp3) is 0.429. The van der Waals surface area contributed by atoms with Crippen LogP contribution < -0.4 is 11.2 Å². The highest BCUT2D eigenvalue weighted by molar-refractivity contribution is 7.22. The van der Waals surface area contributed by atoms with Gasteiger partial charge < -0.3 is 14.3 Å². The number of benzene rings is 1. The molecule has 1 aliphatic carbocycles. The molecule has 40 heavy (non-hydrogen) atoms. The number of aryl methyl sites for hydroxylation is 1. The molecule has 0 aliphatic heterocycles. The van der Waals surface area contributed by atoms with Gasteiger partial charge in [-0.25, -0.2) is 27.9 Å². The molecule has 0 bridgehead atoms. The standard InChI is InChI=1S/C28H29F2N3O6S/c1-16-20-23(34)33(27(2,3)25(35)36)26(37)32(24(20)40-21(16)22-31-13-14-38-22)15-19(17-7-5-4-6-8-17)39-18-9-11-28(29,30)12-10-18/h4-8,13-14,18-19H,9-12,15H2,1-3H3,(H,35,36)/t19-/m0/s1. The van der Waals surface area contributed by atoms with Crippen LogP contribution in [0, 0.1) is 6.92 Å². The Balaban J connectivity index is 1.69. The van der Waals surface area contributed by atoms with Crippen molar-refractivity contribution in [2.75, 3.05) is 0 Å². The first-order valence-corrected chi connectivity index (χ1v) is 13.7. The molecule has 3 aromatic heterocycles. The third-order valence-corrected chi connectivity index (χ3v) is 8.76. The molecule has 0 spiro atoms. The van der Waals surface area contributed by atoms with Crippen LogP contribution in [0.2, 0.25) is 0 Å². The van der Waals surface area contributed by atoms with Crippen molar-refractivity contribution in [2.45, 2.75) is 76.7 Å². The van der Waals surface area contributed by atoms with Crippen molar-refractivity contribution in [3.8, 4) is 10.8 Å². The van der Waals surface area contributed by atoms with E-state index in [-0.39, 0.29) is 43.5 Å². The van der Waals surface area contributed by atoms with E-state index in [0.717, 1.165) is 21.5 Å². The van der Waals surface area contributed by atoms with Crippen molar-refractivity contribution in [3.05, 3.63) is 74.8 Å². The van der Waals surface area contributed by atoms with Crippen LogP contribution in [0.3, 0.4) is 0 Å². The number of oxazole rings is 1. The second-order valence-electron chi connectivity index (χ2n) is 10.6. The number of hydrogen-bond donors (Lipinski definition) is 1. The lowest BCUT2D eigenvalue weighted by molar-refractivity contribution is -0.146. The number of aromatic nitrogens is 3. The summed E-state index contributed by atoms with van der Waals surface area (Å²) in [5.41, 5.74) is -2.19. The van der Waals surface area contributed by atoms with Crippen LogP contribution in [0.15, 0.2) is 56.8 Å². The van der Waals surface area contributed by atoms with E-state index in [0.29, 0.717) is 15.3 Å². The summed E-state index contributed by atoms with van der Waals surface area (Å²) in [6.07, 6.45) is 1.43. The molecule has 0 unspecified atom stereocenters. The zero-order valence-corrected chi connectivity index (χ0v) is 23.0. The van der Waals surface area contributed by atoms with Crippen molar-refractivity contribution in [3.63, 3.8) is 0 Å². The van der Waals surface area contributed by atoms with E-state index in [4.69, 9.17) is 9.15 Å². The number of thiophene rings is 1. The monoisotopic (exact) mass is 573 g/mol. The smallest absolute Gasteiger partial charge is 0.333 e. The van der Waals surface area contributed by atoms with Gasteiger partial charge in [-0.15, -0.1) is 11.3 Å². The fourth-order valence-electron chi connectivity index (χ4n) is 5.08. The fourth-order valence-corrected chi connectivity index (χ4v) is 6.32. The molecular weight excluding hydrogens is 544 g/mol. The third kappa shape index (κ3) is 5.01. The maximum atomic E-state index is 14.0. The summed E-state index contributed by atoms with van der Waals surface area (Å²) >= 11 is 1.14. The molecule has 1 fully saturated rings. The Kier molecular flexibility index (Phi) is 7.26. The quantitative estimate of drug-likeness (QED) is 0.302. The van der Waals surface area contributed by atoms with Gasteiger partial charge in [0.25, 0.3) is 5.56 Å². The van der Waals surface area contributed by atoms with Gasteiger partial charge in [-0.3, -0.25) is 9.36 Å². The Bertz CT molecular complexity index is 1650. The van der Waals surface area contributed by atoms with Crippen LogP contribution in [0.1, 0.15) is 56.8 Å². The topological polar surface area (TPSA) is 117 Å². The van der Waals surface area contributed by atoms with Gasteiger partial charge in [0, 0.05) is 12.8 Å². The van der Waals surface area contributed by atoms with Gasteiger partial charge in [0.2, 0.25) is 11.8 Å². The normalized spacial score (nSPS) is 16.8. The zero-order chi connectivity index (χ0) is 28.8. The van der Waals surface area contributed by atoms with Gasteiger partial charge in [-0.05, 0) is 44.7 Å². The number of carboxylic acids is 1. The van der Waals surface area contributed by atoms with Gasteiger partial charge in [0.1, 0.15) is 22.7 Å². The molecule has 0 saturated heterocycles. The number of carboxylic acid groups (broad SMARTS) is 1. The number of aliphatic carboxylic acids is 1. The van der Waals surface area contributed by atoms with Crippen LogP contribution in [0.4, 0.5) is 8.78 Å². The maximum Gasteiger partial charge on any atom is 0.333 e. The number of halogens is 2. The van der Waals surface area contributed by atoms with E-state index in [2.05, 4.69) is 4.98 Å². The van der Waals surface area contributed by atoms with Crippen molar-refractivity contribution in [1.82, 2.24) is 14.1 Å². The molecule has 12 heteroatoms. The summed E-state index contributed by atoms with van der Waals surface area (Å²) in [5.74, 6) is -3.81. The van der Waals surface area contributed by atoms with Crippen molar-refractivity contribution >= 4 is 27.5 Å². The maximum absolute atomic E-state index is 14.0. The number of fused-ring (bicyclic) bond motifs is 1. The van der Waals surface area contributed by atoms with E-state index in [1.807, 2.05) is 30.3 Å². The van der Waals surface area contributed by atoms with Crippen molar-refractivity contribution < 1.29 is 27.8 Å². The van der Waals surface area contributed by atoms with Crippen LogP contribution in [0.25, 0.3) is 21.0 Å². The van der Waals surface area contributed by atoms with Gasteiger partial charge in [-0.1, -0.05) is 30.3 Å². The summed E-state index contributed by atoms with van der Waals surface area (Å²) < 4.78 is 41.6. The number of rotatable bonds is 8. The zero-order valence-electron chi connectivity index (χ0n) is 22.2. The Labute approximate surface area is 231 Å². The van der Waals surface area contributed by atoms with E-state index in [1.165, 1.54) is 30.9 Å². The van der Waals surface area contributed by atoms with Gasteiger partial charge in [0.05, 0.1) is 29.1 Å². The first-order chi connectivity index (χ1) is 18.9. The number of ether oxygens (including phenoxy) is 1. The lowest BCUT2D eigenvalue weighted by Gasteiger charge is -2.32. The summed E-state index contributed by atoms with van der Waals surface area (Å²) in [4.78, 5) is 44.9. The molecule has 1 aliphatic rings. The Morgan fingerprint density at radius 1 is 1.25 bits per heavy atom. The minimum atomic E-state index is -2.73. The number of alkyl halides is 2. The molecule has 5 rings (SSSR count). The number of carbonyl (C=O) groups is 1. The Morgan fingerprint density at radius 2 is 1.93 bits per heavy atom. The van der Waals surface area contributed by atoms with E-state index >= 15 is 0 Å². The van der Waals surface area contributed by atoms with Crippen molar-refractivity contribution in [1.29, 1.82) is 0 Å². The predicted octanol–water partition coefficient (Wildman–Crippen LogP) is 5.34. The molecule has 212 valence electrons. The Morgan fingerprint density at radius 3 is 2.52 bits per heavy atom. The van der Waals surface area contributed by atoms with Crippen molar-refractivity contribution in [2.24, 2.45) is 0 Å². The summed E-state index contributed by atoms with van der Waals surface area (Å²) in [5, 5.41) is 10.1. The highest BCUT2D eigenvalue weighted by atomic mass is 32.1. The molecule has 9 nitrogen and oxygen atoms in total. The molecule has 1 N–H and O–H groups in total. The molecule has 1 saturated carbocycles. The van der Waals surface area contributed by atoms with Crippen LogP contribution in [-0.4, -0.2) is 37.2 Å². The molecule has 1 atom stereocenters. The Hall–Kier alpha value is -3.64. The van der Waals surface area contributed by atoms with E-state index in [1.54, 1.807) is 6.92 Å². The average Bonchev–Trinajstić information content (AvgIpc) is 3.55. The minimum absolute atomic E-state index is 0.0762. The first kappa shape index (κ1) is 27.9. The predicted molar refractivity (Wildman–Crippen MR) is 145 cm³/mol. The summed E-state index contributed by atoms with van der Waals surface area (Å²) in [6, 6.07) is 9.08. The molecule has 3 heterocycles. The SMILES string of the molecule is Cc1c(-c2ncco2)sc2c1c(=O)n(C(C)(C)C(=O)O)c(=O)n2C[C@H](OC1CCC(F)(F)CC1)c1ccccc1. The minimum Gasteiger partial charge on any atom is -0.480 e. The van der Waals surface area contributed by atoms with Gasteiger partial charge in [0.15, 0.2) is 0 Å². The van der Waals surface area contributed by atoms with E-state index < -0.39 is 40.9 Å². The molecule has 0 amide bonds. The van der Waals surface area contributed by atoms with Gasteiger partial charge in [-0.2, -0.15) is 0 Å². The summed E-state index contributed by atoms with van der Waals surface area (Å²) in [7, 11) is 0. The second-order valence-corrected chi connectivity index (χ2v) is 11.6. The molecule has 0 radical (unpaired) electrons. The molecule has 1 aromatic carbocycles. The summed E-state index contributed by atoms with van der Waals surface area (Å²) in [6.45, 7) is 4.20. The van der Waals surface area contributed by atoms with E-state index in [9.17, 15) is 28.3 Å². The lowest BCUT2D eigenvalue weighted by Crippen LogP contribution is -2.52. The lowest BCUT2D eigenvalue weighted by atomic mass is 9.94. The molecule has 4 aromatic rings. The first-order valence-electron chi connectivity index (χ1n) is 12.9. The molecular formula is C28H29F2N3O6S. The van der Waals surface area contributed by atoms with Crippen LogP contribution >= 0.6 is 11.3 Å². The van der Waals surface area contributed by atoms with Crippen LogP contribution in [-0.2, 0) is 21.6 Å².